The number of hydrogen-bond donors (Lipinski definition) is 1. The Morgan fingerprint density at radius 1 is 1.06 bits per heavy atom. The summed E-state index contributed by atoms with van der Waals surface area (Å²) in [6.45, 7) is 3.95. The fraction of sp³-hybridized carbons (Fsp3) is 0.217. The molecule has 0 fully saturated rings. The number of rotatable bonds is 7. The zero-order chi connectivity index (χ0) is 21.8. The van der Waals surface area contributed by atoms with E-state index in [4.69, 9.17) is 9.26 Å². The number of fused-ring (bicyclic) bond motifs is 1. The second-order valence-electron chi connectivity index (χ2n) is 7.03. The van der Waals surface area contributed by atoms with Gasteiger partial charge in [-0.25, -0.2) is 4.39 Å². The molecule has 0 saturated carbocycles. The minimum absolute atomic E-state index is 0.186. The van der Waals surface area contributed by atoms with Gasteiger partial charge in [-0.2, -0.15) is 9.97 Å². The van der Waals surface area contributed by atoms with Crippen LogP contribution in [-0.4, -0.2) is 27.6 Å². The predicted octanol–water partition coefficient (Wildman–Crippen LogP) is 3.99. The van der Waals surface area contributed by atoms with Crippen molar-refractivity contribution in [2.24, 2.45) is 0 Å². The minimum Gasteiger partial charge on any atom is -0.467 e. The zero-order valence-electron chi connectivity index (χ0n) is 17.2. The van der Waals surface area contributed by atoms with Gasteiger partial charge >= 0.3 is 0 Å². The summed E-state index contributed by atoms with van der Waals surface area (Å²) in [7, 11) is 0. The Labute approximate surface area is 178 Å². The predicted molar refractivity (Wildman–Crippen MR) is 113 cm³/mol. The van der Waals surface area contributed by atoms with Crippen LogP contribution in [0.4, 0.5) is 4.39 Å². The number of carbonyl (C=O) groups excluding carboxylic acids is 1. The Kier molecular flexibility index (Phi) is 5.88. The molecule has 158 valence electrons. The van der Waals surface area contributed by atoms with Crippen LogP contribution in [0, 0.1) is 12.7 Å². The fourth-order valence-corrected chi connectivity index (χ4v) is 3.11. The van der Waals surface area contributed by atoms with Gasteiger partial charge in [0.05, 0.1) is 0 Å². The molecule has 0 aliphatic heterocycles. The van der Waals surface area contributed by atoms with E-state index in [0.717, 1.165) is 12.0 Å². The summed E-state index contributed by atoms with van der Waals surface area (Å²) in [6.07, 6.45) is 0.968. The maximum absolute atomic E-state index is 13.3. The quantitative estimate of drug-likeness (QED) is 0.486. The third-order valence-corrected chi connectivity index (χ3v) is 4.79. The highest BCUT2D eigenvalue weighted by Crippen LogP contribution is 2.33. The van der Waals surface area contributed by atoms with Gasteiger partial charge in [0, 0.05) is 12.1 Å². The lowest BCUT2D eigenvalue weighted by Crippen LogP contribution is -2.28. The molecule has 0 atom stereocenters. The second kappa shape index (κ2) is 8.91. The molecule has 2 heterocycles. The van der Waals surface area contributed by atoms with Crippen molar-refractivity contribution in [1.29, 1.82) is 0 Å². The van der Waals surface area contributed by atoms with E-state index in [2.05, 4.69) is 27.4 Å². The average molecular weight is 420 g/mol. The Morgan fingerprint density at radius 3 is 2.48 bits per heavy atom. The van der Waals surface area contributed by atoms with Crippen molar-refractivity contribution in [3.63, 3.8) is 0 Å². The molecule has 2 aromatic heterocycles. The van der Waals surface area contributed by atoms with Crippen LogP contribution in [0.2, 0.25) is 0 Å². The van der Waals surface area contributed by atoms with Crippen molar-refractivity contribution in [3.05, 3.63) is 71.3 Å². The van der Waals surface area contributed by atoms with Crippen LogP contribution < -0.4 is 10.1 Å². The topological polar surface area (TPSA) is 90.1 Å². The van der Waals surface area contributed by atoms with E-state index in [0.29, 0.717) is 29.0 Å². The normalized spacial score (nSPS) is 10.9. The average Bonchev–Trinajstić information content (AvgIpc) is 3.20. The van der Waals surface area contributed by atoms with E-state index in [-0.39, 0.29) is 29.9 Å². The molecule has 7 nitrogen and oxygen atoms in total. The number of halogens is 1. The summed E-state index contributed by atoms with van der Waals surface area (Å²) in [5, 5.41) is 7.29. The van der Waals surface area contributed by atoms with E-state index < -0.39 is 0 Å². The lowest BCUT2D eigenvalue weighted by Gasteiger charge is -2.09. The molecule has 1 amide bonds. The lowest BCUT2D eigenvalue weighted by atomic mass is 10.1. The Morgan fingerprint density at radius 2 is 1.77 bits per heavy atom. The van der Waals surface area contributed by atoms with Gasteiger partial charge in [-0.1, -0.05) is 36.3 Å². The van der Waals surface area contributed by atoms with Crippen molar-refractivity contribution in [2.45, 2.75) is 26.8 Å². The summed E-state index contributed by atoms with van der Waals surface area (Å²) >= 11 is 0. The molecule has 0 aliphatic carbocycles. The molecule has 0 bridgehead atoms. The molecule has 0 aliphatic rings. The number of ether oxygens (including phenoxy) is 1. The summed E-state index contributed by atoms with van der Waals surface area (Å²) in [5.74, 6) is -0.0452. The van der Waals surface area contributed by atoms with Gasteiger partial charge < -0.3 is 14.6 Å². The molecule has 2 aromatic carbocycles. The molecular formula is C23H21FN4O3. The number of nitrogens with zero attached hydrogens (tertiary/aromatic N) is 3. The monoisotopic (exact) mass is 420 g/mol. The van der Waals surface area contributed by atoms with E-state index in [1.165, 1.54) is 17.7 Å². The van der Waals surface area contributed by atoms with Crippen LogP contribution in [0.5, 0.6) is 5.88 Å². The number of aromatic nitrogens is 3. The number of aryl methyl sites for hydroxylation is 2. The summed E-state index contributed by atoms with van der Waals surface area (Å²) in [6, 6.07) is 13.9. The van der Waals surface area contributed by atoms with Gasteiger partial charge in [-0.05, 0) is 48.7 Å². The number of amides is 1. The smallest absolute Gasteiger partial charge is 0.265 e. The minimum atomic E-state index is -0.360. The van der Waals surface area contributed by atoms with E-state index >= 15 is 0 Å². The largest absolute Gasteiger partial charge is 0.467 e. The molecule has 0 saturated heterocycles. The number of hydrogen-bond acceptors (Lipinski definition) is 6. The van der Waals surface area contributed by atoms with Gasteiger partial charge in [-0.3, -0.25) is 4.79 Å². The molecule has 31 heavy (non-hydrogen) atoms. The van der Waals surface area contributed by atoms with E-state index in [9.17, 15) is 9.18 Å². The van der Waals surface area contributed by atoms with Crippen LogP contribution in [0.15, 0.2) is 53.1 Å². The highest BCUT2D eigenvalue weighted by atomic mass is 19.1. The maximum atomic E-state index is 13.3. The van der Waals surface area contributed by atoms with Gasteiger partial charge in [0.2, 0.25) is 5.88 Å². The standard InChI is InChI=1S/C23H21FN4O3/c1-3-15-4-6-16(7-5-15)12-25-19(29)13-30-22-20-21(17-8-10-18(24)11-9-17)28-31-23(20)27-14(2)26-22/h4-11H,3,12-13H2,1-2H3,(H,25,29). The Bertz CT molecular complexity index is 1200. The van der Waals surface area contributed by atoms with Crippen molar-refractivity contribution < 1.29 is 18.4 Å². The third kappa shape index (κ3) is 4.69. The van der Waals surface area contributed by atoms with Gasteiger partial charge in [-0.15, -0.1) is 0 Å². The van der Waals surface area contributed by atoms with Crippen molar-refractivity contribution in [3.8, 4) is 17.1 Å². The summed E-state index contributed by atoms with van der Waals surface area (Å²) in [5.41, 5.74) is 3.52. The molecule has 0 radical (unpaired) electrons. The molecule has 0 spiro atoms. The summed E-state index contributed by atoms with van der Waals surface area (Å²) < 4.78 is 24.3. The molecule has 4 aromatic rings. The molecular weight excluding hydrogens is 399 g/mol. The third-order valence-electron chi connectivity index (χ3n) is 4.79. The maximum Gasteiger partial charge on any atom is 0.265 e. The Balaban J connectivity index is 1.49. The first-order chi connectivity index (χ1) is 15.0. The number of benzene rings is 2. The summed E-state index contributed by atoms with van der Waals surface area (Å²) in [4.78, 5) is 20.8. The van der Waals surface area contributed by atoms with E-state index in [1.54, 1.807) is 19.1 Å². The van der Waals surface area contributed by atoms with E-state index in [1.807, 2.05) is 24.3 Å². The molecule has 0 unspecified atom stereocenters. The fourth-order valence-electron chi connectivity index (χ4n) is 3.11. The SMILES string of the molecule is CCc1ccc(CNC(=O)COc2nc(C)nc3onc(-c4ccc(F)cc4)c23)cc1. The first-order valence-corrected chi connectivity index (χ1v) is 9.90. The molecule has 1 N–H and O–H groups in total. The number of nitrogens with one attached hydrogen (secondary N) is 1. The van der Waals surface area contributed by atoms with Crippen LogP contribution in [0.25, 0.3) is 22.4 Å². The molecule has 8 heteroatoms. The van der Waals surface area contributed by atoms with Gasteiger partial charge in [0.15, 0.2) is 6.61 Å². The highest BCUT2D eigenvalue weighted by Gasteiger charge is 2.20. The first kappa shape index (κ1) is 20.5. The van der Waals surface area contributed by atoms with Crippen molar-refractivity contribution in [1.82, 2.24) is 20.4 Å². The van der Waals surface area contributed by atoms with Crippen LogP contribution in [-0.2, 0) is 17.8 Å². The van der Waals surface area contributed by atoms with Crippen LogP contribution >= 0.6 is 0 Å². The molecule has 4 rings (SSSR count). The second-order valence-corrected chi connectivity index (χ2v) is 7.03. The van der Waals surface area contributed by atoms with Gasteiger partial charge in [0.25, 0.3) is 11.6 Å². The zero-order valence-corrected chi connectivity index (χ0v) is 17.2. The van der Waals surface area contributed by atoms with Crippen molar-refractivity contribution in [2.75, 3.05) is 6.61 Å². The first-order valence-electron chi connectivity index (χ1n) is 9.90. The van der Waals surface area contributed by atoms with Crippen LogP contribution in [0.3, 0.4) is 0 Å². The Hall–Kier alpha value is -3.81. The highest BCUT2D eigenvalue weighted by molar-refractivity contribution is 5.93. The van der Waals surface area contributed by atoms with Crippen molar-refractivity contribution >= 4 is 17.0 Å². The van der Waals surface area contributed by atoms with Crippen LogP contribution in [0.1, 0.15) is 23.9 Å². The van der Waals surface area contributed by atoms with Gasteiger partial charge in [0.1, 0.15) is 22.7 Å². The number of carbonyl (C=O) groups is 1. The lowest BCUT2D eigenvalue weighted by molar-refractivity contribution is -0.123.